The lowest BCUT2D eigenvalue weighted by Gasteiger charge is -2.15. The number of anilines is 1. The van der Waals surface area contributed by atoms with Crippen LogP contribution in [-0.2, 0) is 4.79 Å². The van der Waals surface area contributed by atoms with E-state index in [1.807, 2.05) is 0 Å². The van der Waals surface area contributed by atoms with Crippen LogP contribution in [0.25, 0.3) is 0 Å². The Balaban J connectivity index is 2.01. The van der Waals surface area contributed by atoms with Gasteiger partial charge in [0, 0.05) is 13.1 Å². The number of urea groups is 1. The average molecular weight is 267 g/mol. The molecule has 1 aromatic rings. The first kappa shape index (κ1) is 13.1. The van der Waals surface area contributed by atoms with E-state index >= 15 is 0 Å². The molecule has 3 amide bonds. The Morgan fingerprint density at radius 2 is 2.37 bits per heavy atom. The minimum atomic E-state index is -0.515. The number of hydrogen-bond acceptors (Lipinski definition) is 4. The van der Waals surface area contributed by atoms with E-state index in [4.69, 9.17) is 4.74 Å². The molecule has 0 radical (unpaired) electrons. The number of methoxy groups -OCH3 is 1. The molecule has 0 saturated carbocycles. The fourth-order valence-electron chi connectivity index (χ4n) is 1.83. The van der Waals surface area contributed by atoms with Crippen molar-refractivity contribution in [3.8, 4) is 5.75 Å². The van der Waals surface area contributed by atoms with Crippen molar-refractivity contribution in [2.75, 3.05) is 32.1 Å². The highest BCUT2D eigenvalue weighted by atomic mass is 19.1. The molecule has 7 heteroatoms. The van der Waals surface area contributed by atoms with Crippen molar-refractivity contribution in [2.24, 2.45) is 0 Å². The van der Waals surface area contributed by atoms with E-state index in [9.17, 15) is 14.0 Å². The normalized spacial score (nSPS) is 14.2. The molecule has 6 nitrogen and oxygen atoms in total. The van der Waals surface area contributed by atoms with Crippen molar-refractivity contribution in [3.05, 3.63) is 24.0 Å². The van der Waals surface area contributed by atoms with Crippen molar-refractivity contribution < 1.29 is 18.7 Å². The third kappa shape index (κ3) is 2.75. The van der Waals surface area contributed by atoms with Gasteiger partial charge in [-0.2, -0.15) is 0 Å². The molecule has 1 aliphatic rings. The summed E-state index contributed by atoms with van der Waals surface area (Å²) in [4.78, 5) is 24.2. The van der Waals surface area contributed by atoms with E-state index < -0.39 is 11.8 Å². The molecule has 1 saturated heterocycles. The summed E-state index contributed by atoms with van der Waals surface area (Å²) in [6.45, 7) is 0.695. The molecule has 102 valence electrons. The summed E-state index contributed by atoms with van der Waals surface area (Å²) in [7, 11) is 1.35. The first-order chi connectivity index (χ1) is 9.13. The highest BCUT2D eigenvalue weighted by molar-refractivity contribution is 5.97. The molecule has 0 unspecified atom stereocenters. The minimum Gasteiger partial charge on any atom is -0.492 e. The second-order valence-corrected chi connectivity index (χ2v) is 3.95. The standard InChI is InChI=1S/C12H14FN3O3/c1-19-11-8(13)3-2-4-9(11)15-7-10(17)16-6-5-14-12(16)18/h2-4,15H,5-7H2,1H3,(H,14,18). The summed E-state index contributed by atoms with van der Waals surface area (Å²) >= 11 is 0. The molecule has 19 heavy (non-hydrogen) atoms. The smallest absolute Gasteiger partial charge is 0.324 e. The summed E-state index contributed by atoms with van der Waals surface area (Å²) in [5.41, 5.74) is 0.371. The number of nitrogens with one attached hydrogen (secondary N) is 2. The van der Waals surface area contributed by atoms with Gasteiger partial charge in [-0.1, -0.05) is 6.07 Å². The predicted octanol–water partition coefficient (Wildman–Crippen LogP) is 0.798. The molecule has 1 aromatic carbocycles. The van der Waals surface area contributed by atoms with E-state index in [-0.39, 0.29) is 18.2 Å². The zero-order chi connectivity index (χ0) is 13.8. The lowest BCUT2D eigenvalue weighted by Crippen LogP contribution is -2.38. The second kappa shape index (κ2) is 5.55. The molecule has 0 aliphatic carbocycles. The Bertz CT molecular complexity index is 507. The number of carbonyl (C=O) groups excluding carboxylic acids is 2. The Morgan fingerprint density at radius 1 is 1.58 bits per heavy atom. The summed E-state index contributed by atoms with van der Waals surface area (Å²) < 4.78 is 18.3. The van der Waals surface area contributed by atoms with Crippen LogP contribution in [0.1, 0.15) is 0 Å². The van der Waals surface area contributed by atoms with E-state index in [0.29, 0.717) is 18.8 Å². The lowest BCUT2D eigenvalue weighted by atomic mass is 10.2. The van der Waals surface area contributed by atoms with Gasteiger partial charge in [0.15, 0.2) is 11.6 Å². The fraction of sp³-hybridized carbons (Fsp3) is 0.333. The highest BCUT2D eigenvalue weighted by Crippen LogP contribution is 2.26. The predicted molar refractivity (Wildman–Crippen MR) is 66.6 cm³/mol. The molecule has 2 rings (SSSR count). The van der Waals surface area contributed by atoms with Crippen molar-refractivity contribution in [3.63, 3.8) is 0 Å². The van der Waals surface area contributed by atoms with Crippen molar-refractivity contribution in [1.82, 2.24) is 10.2 Å². The summed E-state index contributed by atoms with van der Waals surface area (Å²) in [5, 5.41) is 5.30. The van der Waals surface area contributed by atoms with Crippen LogP contribution in [-0.4, -0.2) is 43.6 Å². The second-order valence-electron chi connectivity index (χ2n) is 3.95. The van der Waals surface area contributed by atoms with Crippen LogP contribution < -0.4 is 15.4 Å². The van der Waals surface area contributed by atoms with Crippen molar-refractivity contribution >= 4 is 17.6 Å². The molecule has 1 heterocycles. The Hall–Kier alpha value is -2.31. The monoisotopic (exact) mass is 267 g/mol. The van der Waals surface area contributed by atoms with Crippen LogP contribution in [0.2, 0.25) is 0 Å². The molecule has 0 spiro atoms. The SMILES string of the molecule is COc1c(F)cccc1NCC(=O)N1CCNC1=O. The number of nitrogens with zero attached hydrogens (tertiary/aromatic N) is 1. The maximum Gasteiger partial charge on any atom is 0.324 e. The first-order valence-electron chi connectivity index (χ1n) is 5.78. The lowest BCUT2D eigenvalue weighted by molar-refractivity contribution is -0.125. The molecule has 0 aromatic heterocycles. The van der Waals surface area contributed by atoms with Crippen LogP contribution in [0, 0.1) is 5.82 Å². The zero-order valence-electron chi connectivity index (χ0n) is 10.4. The molecule has 1 aliphatic heterocycles. The van der Waals surface area contributed by atoms with Crippen LogP contribution in [0.15, 0.2) is 18.2 Å². The van der Waals surface area contributed by atoms with Gasteiger partial charge >= 0.3 is 6.03 Å². The first-order valence-corrected chi connectivity index (χ1v) is 5.78. The van der Waals surface area contributed by atoms with Gasteiger partial charge in [0.2, 0.25) is 5.91 Å². The fourth-order valence-corrected chi connectivity index (χ4v) is 1.83. The number of hydrogen-bond donors (Lipinski definition) is 2. The molecular weight excluding hydrogens is 253 g/mol. The highest BCUT2D eigenvalue weighted by Gasteiger charge is 2.25. The van der Waals surface area contributed by atoms with Gasteiger partial charge in [-0.3, -0.25) is 9.69 Å². The summed E-state index contributed by atoms with van der Waals surface area (Å²) in [6.07, 6.45) is 0. The maximum absolute atomic E-state index is 13.4. The number of ether oxygens (including phenoxy) is 1. The Morgan fingerprint density at radius 3 is 3.00 bits per heavy atom. The quantitative estimate of drug-likeness (QED) is 0.846. The zero-order valence-corrected chi connectivity index (χ0v) is 10.4. The van der Waals surface area contributed by atoms with Gasteiger partial charge in [0.25, 0.3) is 0 Å². The largest absolute Gasteiger partial charge is 0.492 e. The van der Waals surface area contributed by atoms with E-state index in [1.54, 1.807) is 6.07 Å². The molecule has 1 fully saturated rings. The van der Waals surface area contributed by atoms with Crippen molar-refractivity contribution in [1.29, 1.82) is 0 Å². The van der Waals surface area contributed by atoms with Crippen LogP contribution in [0.3, 0.4) is 0 Å². The van der Waals surface area contributed by atoms with E-state index in [0.717, 1.165) is 4.90 Å². The van der Waals surface area contributed by atoms with Crippen molar-refractivity contribution in [2.45, 2.75) is 0 Å². The number of amides is 3. The summed E-state index contributed by atoms with van der Waals surface area (Å²) in [6, 6.07) is 3.96. The number of carbonyl (C=O) groups is 2. The van der Waals surface area contributed by atoms with Gasteiger partial charge in [0.1, 0.15) is 0 Å². The van der Waals surface area contributed by atoms with E-state index in [2.05, 4.69) is 10.6 Å². The van der Waals surface area contributed by atoms with Gasteiger partial charge < -0.3 is 15.4 Å². The van der Waals surface area contributed by atoms with Crippen LogP contribution >= 0.6 is 0 Å². The topological polar surface area (TPSA) is 70.7 Å². The van der Waals surface area contributed by atoms with Crippen LogP contribution in [0.4, 0.5) is 14.9 Å². The number of halogens is 1. The molecule has 2 N–H and O–H groups in total. The number of para-hydroxylation sites is 1. The van der Waals surface area contributed by atoms with Gasteiger partial charge in [-0.15, -0.1) is 0 Å². The van der Waals surface area contributed by atoms with Crippen LogP contribution in [0.5, 0.6) is 5.75 Å². The average Bonchev–Trinajstić information content (AvgIpc) is 2.82. The maximum atomic E-state index is 13.4. The summed E-state index contributed by atoms with van der Waals surface area (Å²) in [5.74, 6) is -0.846. The number of rotatable bonds is 4. The number of benzene rings is 1. The Labute approximate surface area is 109 Å². The third-order valence-electron chi connectivity index (χ3n) is 2.76. The third-order valence-corrected chi connectivity index (χ3v) is 2.76. The Kier molecular flexibility index (Phi) is 3.84. The molecular formula is C12H14FN3O3. The van der Waals surface area contributed by atoms with Gasteiger partial charge in [-0.25, -0.2) is 9.18 Å². The van der Waals surface area contributed by atoms with E-state index in [1.165, 1.54) is 19.2 Å². The van der Waals surface area contributed by atoms with Gasteiger partial charge in [-0.05, 0) is 12.1 Å². The van der Waals surface area contributed by atoms with Gasteiger partial charge in [0.05, 0.1) is 19.3 Å². The number of imide groups is 1. The molecule has 0 atom stereocenters. The molecule has 0 bridgehead atoms. The minimum absolute atomic E-state index is 0.0428.